The maximum Gasteiger partial charge on any atom is 0.163 e. The molecule has 0 aliphatic heterocycles. The molecule has 2 heterocycles. The first kappa shape index (κ1) is 14.0. The van der Waals surface area contributed by atoms with E-state index >= 15 is 0 Å². The molecule has 0 aliphatic carbocycles. The molecule has 3 aromatic rings. The molecule has 3 nitrogen and oxygen atoms in total. The van der Waals surface area contributed by atoms with E-state index in [9.17, 15) is 0 Å². The van der Waals surface area contributed by atoms with Gasteiger partial charge in [0.05, 0.1) is 0 Å². The molecule has 0 fully saturated rings. The molecule has 3 rings (SSSR count). The lowest BCUT2D eigenvalue weighted by Gasteiger charge is -2.07. The maximum absolute atomic E-state index is 6.09. The Morgan fingerprint density at radius 3 is 2.67 bits per heavy atom. The Morgan fingerprint density at radius 1 is 1.05 bits per heavy atom. The average molecular weight is 316 g/mol. The highest BCUT2D eigenvalue weighted by Crippen LogP contribution is 2.20. The van der Waals surface area contributed by atoms with E-state index in [1.165, 1.54) is 4.88 Å². The van der Waals surface area contributed by atoms with Gasteiger partial charge < -0.3 is 5.32 Å². The third-order valence-corrected chi connectivity index (χ3v) is 4.11. The van der Waals surface area contributed by atoms with Crippen LogP contribution in [0.5, 0.6) is 0 Å². The SMILES string of the molecule is Clc1cc(NCCc2cccs2)nc(-c2ccccc2)n1. The predicted molar refractivity (Wildman–Crippen MR) is 89.0 cm³/mol. The van der Waals surface area contributed by atoms with Crippen molar-refractivity contribution in [2.45, 2.75) is 6.42 Å². The highest BCUT2D eigenvalue weighted by Gasteiger charge is 2.05. The maximum atomic E-state index is 6.09. The van der Waals surface area contributed by atoms with Gasteiger partial charge in [-0.25, -0.2) is 9.97 Å². The number of anilines is 1. The van der Waals surface area contributed by atoms with Gasteiger partial charge in [-0.05, 0) is 17.9 Å². The summed E-state index contributed by atoms with van der Waals surface area (Å²) >= 11 is 7.85. The van der Waals surface area contributed by atoms with Crippen molar-refractivity contribution in [3.05, 3.63) is 63.9 Å². The molecule has 0 atom stereocenters. The molecule has 0 saturated heterocycles. The summed E-state index contributed by atoms with van der Waals surface area (Å²) in [5.74, 6) is 1.40. The Balaban J connectivity index is 1.72. The van der Waals surface area contributed by atoms with Crippen LogP contribution in [-0.4, -0.2) is 16.5 Å². The van der Waals surface area contributed by atoms with Gasteiger partial charge in [0.2, 0.25) is 0 Å². The number of nitrogens with one attached hydrogen (secondary N) is 1. The smallest absolute Gasteiger partial charge is 0.163 e. The van der Waals surface area contributed by atoms with Crippen LogP contribution in [0.4, 0.5) is 5.82 Å². The number of halogens is 1. The molecule has 21 heavy (non-hydrogen) atoms. The summed E-state index contributed by atoms with van der Waals surface area (Å²) in [7, 11) is 0. The molecular formula is C16H14ClN3S. The molecule has 0 unspecified atom stereocenters. The van der Waals surface area contributed by atoms with Gasteiger partial charge in [-0.15, -0.1) is 11.3 Å². The fraction of sp³-hybridized carbons (Fsp3) is 0.125. The van der Waals surface area contributed by atoms with E-state index < -0.39 is 0 Å². The van der Waals surface area contributed by atoms with E-state index in [1.807, 2.05) is 30.3 Å². The van der Waals surface area contributed by atoms with Crippen molar-refractivity contribution in [3.63, 3.8) is 0 Å². The second kappa shape index (κ2) is 6.70. The Morgan fingerprint density at radius 2 is 1.90 bits per heavy atom. The molecule has 0 amide bonds. The van der Waals surface area contributed by atoms with Crippen LogP contribution in [0.3, 0.4) is 0 Å². The number of rotatable bonds is 5. The fourth-order valence-corrected chi connectivity index (χ4v) is 2.89. The number of hydrogen-bond acceptors (Lipinski definition) is 4. The molecule has 0 bridgehead atoms. The zero-order valence-electron chi connectivity index (χ0n) is 11.3. The van der Waals surface area contributed by atoms with Crippen LogP contribution in [0.2, 0.25) is 5.15 Å². The van der Waals surface area contributed by atoms with Crippen molar-refractivity contribution in [1.29, 1.82) is 0 Å². The minimum Gasteiger partial charge on any atom is -0.370 e. The van der Waals surface area contributed by atoms with Gasteiger partial charge in [0, 0.05) is 23.1 Å². The van der Waals surface area contributed by atoms with Gasteiger partial charge in [-0.3, -0.25) is 0 Å². The largest absolute Gasteiger partial charge is 0.370 e. The van der Waals surface area contributed by atoms with E-state index in [2.05, 4.69) is 32.8 Å². The monoisotopic (exact) mass is 315 g/mol. The van der Waals surface area contributed by atoms with Crippen LogP contribution < -0.4 is 5.32 Å². The van der Waals surface area contributed by atoms with Crippen LogP contribution in [0.1, 0.15) is 4.88 Å². The van der Waals surface area contributed by atoms with Crippen LogP contribution in [0, 0.1) is 0 Å². The second-order valence-corrected chi connectivity index (χ2v) is 5.94. The van der Waals surface area contributed by atoms with Crippen molar-refractivity contribution >= 4 is 28.8 Å². The van der Waals surface area contributed by atoms with Gasteiger partial charge in [0.1, 0.15) is 11.0 Å². The number of benzene rings is 1. The normalized spacial score (nSPS) is 10.5. The van der Waals surface area contributed by atoms with E-state index in [4.69, 9.17) is 11.6 Å². The van der Waals surface area contributed by atoms with Gasteiger partial charge in [0.15, 0.2) is 5.82 Å². The molecule has 1 aromatic carbocycles. The summed E-state index contributed by atoms with van der Waals surface area (Å²) in [5, 5.41) is 5.84. The number of thiophene rings is 1. The van der Waals surface area contributed by atoms with Crippen LogP contribution in [-0.2, 0) is 6.42 Å². The lowest BCUT2D eigenvalue weighted by atomic mass is 10.2. The lowest BCUT2D eigenvalue weighted by Crippen LogP contribution is -2.06. The average Bonchev–Trinajstić information content (AvgIpc) is 3.01. The van der Waals surface area contributed by atoms with E-state index in [-0.39, 0.29) is 0 Å². The highest BCUT2D eigenvalue weighted by molar-refractivity contribution is 7.09. The van der Waals surface area contributed by atoms with Crippen LogP contribution in [0.15, 0.2) is 53.9 Å². The Labute approximate surface area is 132 Å². The topological polar surface area (TPSA) is 37.8 Å². The first-order chi connectivity index (χ1) is 10.3. The van der Waals surface area contributed by atoms with Crippen molar-refractivity contribution in [2.75, 3.05) is 11.9 Å². The van der Waals surface area contributed by atoms with Crippen LogP contribution in [0.25, 0.3) is 11.4 Å². The summed E-state index contributed by atoms with van der Waals surface area (Å²) in [4.78, 5) is 10.2. The Hall–Kier alpha value is -1.91. The molecule has 1 N–H and O–H groups in total. The third kappa shape index (κ3) is 3.80. The molecule has 0 aliphatic rings. The number of nitrogens with zero attached hydrogens (tertiary/aromatic N) is 2. The summed E-state index contributed by atoms with van der Waals surface area (Å²) in [6, 6.07) is 15.8. The Bertz CT molecular complexity index is 699. The minimum atomic E-state index is 0.447. The predicted octanol–water partition coefficient (Wildman–Crippen LogP) is 4.51. The van der Waals surface area contributed by atoms with Crippen molar-refractivity contribution in [2.24, 2.45) is 0 Å². The number of aromatic nitrogens is 2. The lowest BCUT2D eigenvalue weighted by molar-refractivity contribution is 1.02. The third-order valence-electron chi connectivity index (χ3n) is 2.98. The van der Waals surface area contributed by atoms with E-state index in [0.717, 1.165) is 24.3 Å². The molecule has 0 spiro atoms. The van der Waals surface area contributed by atoms with Gasteiger partial charge in [-0.2, -0.15) is 0 Å². The second-order valence-electron chi connectivity index (χ2n) is 4.52. The first-order valence-electron chi connectivity index (χ1n) is 6.67. The molecule has 0 radical (unpaired) electrons. The molecular weight excluding hydrogens is 302 g/mol. The summed E-state index contributed by atoms with van der Waals surface area (Å²) in [6.07, 6.45) is 0.972. The molecule has 5 heteroatoms. The minimum absolute atomic E-state index is 0.447. The zero-order valence-corrected chi connectivity index (χ0v) is 12.9. The molecule has 106 valence electrons. The zero-order chi connectivity index (χ0) is 14.5. The standard InChI is InChI=1S/C16H14ClN3S/c17-14-11-15(18-9-8-13-7-4-10-21-13)20-16(19-14)12-5-2-1-3-6-12/h1-7,10-11H,8-9H2,(H,18,19,20). The van der Waals surface area contributed by atoms with Gasteiger partial charge in [-0.1, -0.05) is 48.0 Å². The first-order valence-corrected chi connectivity index (χ1v) is 7.93. The van der Waals surface area contributed by atoms with Gasteiger partial charge in [0.25, 0.3) is 0 Å². The highest BCUT2D eigenvalue weighted by atomic mass is 35.5. The van der Waals surface area contributed by atoms with E-state index in [0.29, 0.717) is 11.0 Å². The summed E-state index contributed by atoms with van der Waals surface area (Å²) < 4.78 is 0. The van der Waals surface area contributed by atoms with Crippen LogP contribution >= 0.6 is 22.9 Å². The summed E-state index contributed by atoms with van der Waals surface area (Å²) in [5.41, 5.74) is 0.960. The van der Waals surface area contributed by atoms with Gasteiger partial charge >= 0.3 is 0 Å². The van der Waals surface area contributed by atoms with E-state index in [1.54, 1.807) is 17.4 Å². The van der Waals surface area contributed by atoms with Crippen molar-refractivity contribution in [3.8, 4) is 11.4 Å². The van der Waals surface area contributed by atoms with Crippen molar-refractivity contribution in [1.82, 2.24) is 9.97 Å². The quantitative estimate of drug-likeness (QED) is 0.704. The summed E-state index contributed by atoms with van der Waals surface area (Å²) in [6.45, 7) is 0.822. The fourth-order valence-electron chi connectivity index (χ4n) is 1.99. The Kier molecular flexibility index (Phi) is 4.48. The number of hydrogen-bond donors (Lipinski definition) is 1. The molecule has 2 aromatic heterocycles. The molecule has 0 saturated carbocycles. The van der Waals surface area contributed by atoms with Crippen molar-refractivity contribution < 1.29 is 0 Å².